The summed E-state index contributed by atoms with van der Waals surface area (Å²) in [6.45, 7) is 4.55. The van der Waals surface area contributed by atoms with Crippen LogP contribution in [0.2, 0.25) is 0 Å². The van der Waals surface area contributed by atoms with Crippen molar-refractivity contribution in [3.63, 3.8) is 0 Å². The molecule has 5 nitrogen and oxygen atoms in total. The normalized spacial score (nSPS) is 10.5. The number of rotatable bonds is 8. The molecule has 0 saturated carbocycles. The molecule has 1 aromatic heterocycles. The van der Waals surface area contributed by atoms with E-state index in [1.54, 1.807) is 6.20 Å². The van der Waals surface area contributed by atoms with Crippen molar-refractivity contribution in [2.24, 2.45) is 0 Å². The van der Waals surface area contributed by atoms with Crippen LogP contribution >= 0.6 is 0 Å². The number of carbonyl (C=O) groups is 1. The van der Waals surface area contributed by atoms with E-state index in [2.05, 4.69) is 22.7 Å². The van der Waals surface area contributed by atoms with Gasteiger partial charge in [0.05, 0.1) is 12.2 Å². The maximum absolute atomic E-state index is 11.8. The fraction of sp³-hybridized carbons (Fsp3) is 0.375. The van der Waals surface area contributed by atoms with E-state index in [9.17, 15) is 4.79 Å². The molecule has 0 bridgehead atoms. The van der Waals surface area contributed by atoms with Gasteiger partial charge in [0, 0.05) is 25.8 Å². The number of benzene rings is 1. The molecule has 0 unspecified atom stereocenters. The van der Waals surface area contributed by atoms with Crippen molar-refractivity contribution in [1.82, 2.24) is 20.4 Å². The Kier molecular flexibility index (Phi) is 5.97. The number of nitrogens with one attached hydrogen (secondary N) is 2. The highest BCUT2D eigenvalue weighted by Gasteiger charge is 2.04. The van der Waals surface area contributed by atoms with Gasteiger partial charge in [-0.1, -0.05) is 37.3 Å². The number of aromatic nitrogens is 2. The van der Waals surface area contributed by atoms with Crippen LogP contribution in [0.25, 0.3) is 0 Å². The van der Waals surface area contributed by atoms with E-state index in [1.807, 2.05) is 41.1 Å². The molecule has 0 saturated heterocycles. The van der Waals surface area contributed by atoms with Gasteiger partial charge >= 0.3 is 0 Å². The summed E-state index contributed by atoms with van der Waals surface area (Å²) in [6.07, 6.45) is 2.84. The third-order valence-electron chi connectivity index (χ3n) is 3.16. The molecule has 1 aromatic carbocycles. The van der Waals surface area contributed by atoms with Crippen LogP contribution in [0.1, 0.15) is 24.6 Å². The maximum atomic E-state index is 11.8. The molecular formula is C16H22N4O. The summed E-state index contributed by atoms with van der Waals surface area (Å²) in [4.78, 5) is 11.8. The standard InChI is InChI=1S/C16H22N4O/c1-2-10-20-15(8-9-19-20)12-17-13-16(21)18-11-14-6-4-3-5-7-14/h3-9,17H,2,10-13H2,1H3,(H,18,21). The topological polar surface area (TPSA) is 59.0 Å². The first-order valence-corrected chi connectivity index (χ1v) is 7.31. The number of amides is 1. The van der Waals surface area contributed by atoms with Crippen LogP contribution in [-0.4, -0.2) is 22.2 Å². The second kappa shape index (κ2) is 8.21. The molecule has 0 atom stereocenters. The molecule has 1 heterocycles. The monoisotopic (exact) mass is 286 g/mol. The van der Waals surface area contributed by atoms with Gasteiger partial charge in [-0.2, -0.15) is 5.10 Å². The van der Waals surface area contributed by atoms with Gasteiger partial charge in [0.15, 0.2) is 0 Å². The van der Waals surface area contributed by atoms with Gasteiger partial charge in [0.25, 0.3) is 0 Å². The molecule has 2 aromatic rings. The molecule has 2 N–H and O–H groups in total. The quantitative estimate of drug-likeness (QED) is 0.776. The fourth-order valence-corrected chi connectivity index (χ4v) is 2.09. The Labute approximate surface area is 125 Å². The predicted octanol–water partition coefficient (Wildman–Crippen LogP) is 1.70. The highest BCUT2D eigenvalue weighted by molar-refractivity contribution is 5.77. The molecule has 5 heteroatoms. The fourth-order valence-electron chi connectivity index (χ4n) is 2.09. The van der Waals surface area contributed by atoms with Gasteiger partial charge in [-0.25, -0.2) is 0 Å². The van der Waals surface area contributed by atoms with E-state index in [0.717, 1.165) is 24.2 Å². The van der Waals surface area contributed by atoms with Crippen LogP contribution in [0.4, 0.5) is 0 Å². The summed E-state index contributed by atoms with van der Waals surface area (Å²) < 4.78 is 1.97. The minimum atomic E-state index is 0.000380. The van der Waals surface area contributed by atoms with E-state index in [4.69, 9.17) is 0 Å². The molecular weight excluding hydrogens is 264 g/mol. The summed E-state index contributed by atoms with van der Waals surface area (Å²) in [5.41, 5.74) is 2.21. The average Bonchev–Trinajstić information content (AvgIpc) is 2.94. The van der Waals surface area contributed by atoms with E-state index < -0.39 is 0 Å². The first-order chi connectivity index (χ1) is 10.3. The molecule has 0 spiro atoms. The number of carbonyl (C=O) groups excluding carboxylic acids is 1. The molecule has 1 amide bonds. The average molecular weight is 286 g/mol. The highest BCUT2D eigenvalue weighted by atomic mass is 16.1. The molecule has 2 rings (SSSR count). The van der Waals surface area contributed by atoms with E-state index >= 15 is 0 Å². The lowest BCUT2D eigenvalue weighted by Gasteiger charge is -2.08. The third kappa shape index (κ3) is 5.04. The van der Waals surface area contributed by atoms with E-state index in [0.29, 0.717) is 19.6 Å². The van der Waals surface area contributed by atoms with Crippen LogP contribution in [0.15, 0.2) is 42.6 Å². The van der Waals surface area contributed by atoms with Crippen LogP contribution < -0.4 is 10.6 Å². The Morgan fingerprint density at radius 3 is 2.76 bits per heavy atom. The zero-order valence-corrected chi connectivity index (χ0v) is 12.4. The first kappa shape index (κ1) is 15.3. The summed E-state index contributed by atoms with van der Waals surface area (Å²) in [7, 11) is 0. The zero-order valence-electron chi connectivity index (χ0n) is 12.4. The number of hydrogen-bond donors (Lipinski definition) is 2. The van der Waals surface area contributed by atoms with Gasteiger partial charge in [-0.3, -0.25) is 9.48 Å². The van der Waals surface area contributed by atoms with Gasteiger partial charge in [0.2, 0.25) is 5.91 Å². The van der Waals surface area contributed by atoms with Gasteiger partial charge < -0.3 is 10.6 Å². The minimum absolute atomic E-state index is 0.000380. The van der Waals surface area contributed by atoms with Gasteiger partial charge in [-0.15, -0.1) is 0 Å². The van der Waals surface area contributed by atoms with Crippen molar-refractivity contribution in [2.45, 2.75) is 33.0 Å². The molecule has 0 aliphatic heterocycles. The van der Waals surface area contributed by atoms with Crippen LogP contribution in [0.5, 0.6) is 0 Å². The predicted molar refractivity (Wildman–Crippen MR) is 82.5 cm³/mol. The Morgan fingerprint density at radius 1 is 1.19 bits per heavy atom. The molecule has 21 heavy (non-hydrogen) atoms. The van der Waals surface area contributed by atoms with Crippen LogP contribution in [0.3, 0.4) is 0 Å². The first-order valence-electron chi connectivity index (χ1n) is 7.31. The van der Waals surface area contributed by atoms with Crippen molar-refractivity contribution >= 4 is 5.91 Å². The van der Waals surface area contributed by atoms with Crippen molar-refractivity contribution in [3.8, 4) is 0 Å². The van der Waals surface area contributed by atoms with Crippen LogP contribution in [-0.2, 0) is 24.4 Å². The Balaban J connectivity index is 1.68. The van der Waals surface area contributed by atoms with Crippen molar-refractivity contribution in [3.05, 3.63) is 53.9 Å². The maximum Gasteiger partial charge on any atom is 0.234 e. The molecule has 0 aliphatic rings. The Bertz CT molecular complexity index is 550. The molecule has 0 fully saturated rings. The molecule has 0 aliphatic carbocycles. The number of nitrogens with zero attached hydrogens (tertiary/aromatic N) is 2. The van der Waals surface area contributed by atoms with Crippen molar-refractivity contribution in [2.75, 3.05) is 6.54 Å². The van der Waals surface area contributed by atoms with Gasteiger partial charge in [-0.05, 0) is 18.1 Å². The zero-order chi connectivity index (χ0) is 14.9. The lowest BCUT2D eigenvalue weighted by molar-refractivity contribution is -0.120. The highest BCUT2D eigenvalue weighted by Crippen LogP contribution is 2.00. The number of hydrogen-bond acceptors (Lipinski definition) is 3. The smallest absolute Gasteiger partial charge is 0.234 e. The Hall–Kier alpha value is -2.14. The van der Waals surface area contributed by atoms with Crippen LogP contribution in [0, 0.1) is 0 Å². The third-order valence-corrected chi connectivity index (χ3v) is 3.16. The Morgan fingerprint density at radius 2 is 2.00 bits per heavy atom. The second-order valence-corrected chi connectivity index (χ2v) is 4.91. The second-order valence-electron chi connectivity index (χ2n) is 4.91. The number of aryl methyl sites for hydroxylation is 1. The molecule has 112 valence electrons. The van der Waals surface area contributed by atoms with Gasteiger partial charge in [0.1, 0.15) is 0 Å². The van der Waals surface area contributed by atoms with Crippen molar-refractivity contribution < 1.29 is 4.79 Å². The SMILES string of the molecule is CCCn1nccc1CNCC(=O)NCc1ccccc1. The summed E-state index contributed by atoms with van der Waals surface area (Å²) in [5.74, 6) is 0.000380. The molecule has 0 radical (unpaired) electrons. The summed E-state index contributed by atoms with van der Waals surface area (Å²) in [5, 5.41) is 10.3. The summed E-state index contributed by atoms with van der Waals surface area (Å²) in [6, 6.07) is 11.9. The van der Waals surface area contributed by atoms with E-state index in [1.165, 1.54) is 0 Å². The minimum Gasteiger partial charge on any atom is -0.351 e. The lowest BCUT2D eigenvalue weighted by Crippen LogP contribution is -2.33. The summed E-state index contributed by atoms with van der Waals surface area (Å²) >= 11 is 0. The largest absolute Gasteiger partial charge is 0.351 e. The van der Waals surface area contributed by atoms with Crippen molar-refractivity contribution in [1.29, 1.82) is 0 Å². The van der Waals surface area contributed by atoms with E-state index in [-0.39, 0.29) is 5.91 Å². The lowest BCUT2D eigenvalue weighted by atomic mass is 10.2.